The predicted molar refractivity (Wildman–Crippen MR) is 80.9 cm³/mol. The first kappa shape index (κ1) is 20.1. The van der Waals surface area contributed by atoms with Crippen LogP contribution in [0, 0.1) is 11.3 Å². The van der Waals surface area contributed by atoms with Gasteiger partial charge in [-0.05, 0) is 38.5 Å². The lowest BCUT2D eigenvalue weighted by atomic mass is 9.99. The van der Waals surface area contributed by atoms with Crippen molar-refractivity contribution in [2.45, 2.75) is 38.6 Å². The van der Waals surface area contributed by atoms with Crippen LogP contribution in [0.2, 0.25) is 0 Å². The summed E-state index contributed by atoms with van der Waals surface area (Å²) in [5.41, 5.74) is -1.14. The molecule has 1 aromatic rings. The van der Waals surface area contributed by atoms with Crippen LogP contribution in [0.3, 0.4) is 0 Å². The fourth-order valence-electron chi connectivity index (χ4n) is 1.86. The first-order chi connectivity index (χ1) is 11.4. The summed E-state index contributed by atoms with van der Waals surface area (Å²) in [7, 11) is 0. The molecule has 0 aliphatic heterocycles. The largest absolute Gasteiger partial charge is 0.573 e. The van der Waals surface area contributed by atoms with Crippen LogP contribution in [0.1, 0.15) is 32.3 Å². The van der Waals surface area contributed by atoms with Gasteiger partial charge in [0.25, 0.3) is 0 Å². The number of carboxylic acid groups (broad SMARTS) is 1. The van der Waals surface area contributed by atoms with Crippen LogP contribution in [0.5, 0.6) is 5.75 Å². The van der Waals surface area contributed by atoms with Crippen LogP contribution in [0.25, 0.3) is 0 Å². The summed E-state index contributed by atoms with van der Waals surface area (Å²) in [6, 6.07) is 3.95. The van der Waals surface area contributed by atoms with Crippen LogP contribution in [0.4, 0.5) is 23.7 Å². The van der Waals surface area contributed by atoms with Crippen molar-refractivity contribution in [1.82, 2.24) is 5.32 Å². The lowest BCUT2D eigenvalue weighted by Gasteiger charge is -2.25. The van der Waals surface area contributed by atoms with Crippen molar-refractivity contribution in [1.29, 1.82) is 5.26 Å². The second-order valence-electron chi connectivity index (χ2n) is 5.73. The topological polar surface area (TPSA) is 111 Å². The molecule has 0 heterocycles. The van der Waals surface area contributed by atoms with Gasteiger partial charge in [-0.2, -0.15) is 5.26 Å². The number of aliphatic carboxylic acids is 1. The first-order valence-corrected chi connectivity index (χ1v) is 7.03. The molecule has 25 heavy (non-hydrogen) atoms. The molecule has 136 valence electrons. The molecule has 0 saturated carbocycles. The first-order valence-electron chi connectivity index (χ1n) is 7.03. The smallest absolute Gasteiger partial charge is 0.481 e. The number of carbonyl (C=O) groups excluding carboxylic acids is 1. The maximum absolute atomic E-state index is 12.2. The van der Waals surface area contributed by atoms with E-state index in [1.807, 2.05) is 0 Å². The average Bonchev–Trinajstić information content (AvgIpc) is 2.44. The zero-order valence-corrected chi connectivity index (χ0v) is 13.4. The Morgan fingerprint density at radius 3 is 2.48 bits per heavy atom. The second kappa shape index (κ2) is 7.74. The molecule has 0 fully saturated rings. The quantitative estimate of drug-likeness (QED) is 0.722. The van der Waals surface area contributed by atoms with Gasteiger partial charge in [-0.25, -0.2) is 4.79 Å². The maximum Gasteiger partial charge on any atom is 0.573 e. The number of ether oxygens (including phenoxy) is 1. The number of anilines is 1. The van der Waals surface area contributed by atoms with E-state index in [2.05, 4.69) is 15.4 Å². The molecule has 0 aliphatic rings. The van der Waals surface area contributed by atoms with Gasteiger partial charge in [0.15, 0.2) is 0 Å². The number of amides is 2. The molecule has 2 amide bonds. The standard InChI is InChI=1S/C15H16F3N3O4/c1-14(2,6-5-12(22)23)21-13(24)20-10-3-4-11(9(7-10)8-19)25-15(16,17)18/h3-4,7H,5-6H2,1-2H3,(H,22,23)(H2,20,21,24). The molecule has 0 spiro atoms. The number of hydrogen-bond acceptors (Lipinski definition) is 4. The molecule has 0 radical (unpaired) electrons. The number of halogens is 3. The van der Waals surface area contributed by atoms with Gasteiger partial charge in [0.2, 0.25) is 0 Å². The van der Waals surface area contributed by atoms with E-state index < -0.39 is 35.2 Å². The summed E-state index contributed by atoms with van der Waals surface area (Å²) in [5.74, 6) is -1.68. The molecule has 1 aromatic carbocycles. The van der Waals surface area contributed by atoms with E-state index in [4.69, 9.17) is 10.4 Å². The Kier molecular flexibility index (Phi) is 6.22. The van der Waals surface area contributed by atoms with E-state index in [0.717, 1.165) is 18.2 Å². The molecular weight excluding hydrogens is 343 g/mol. The van der Waals surface area contributed by atoms with Crippen LogP contribution >= 0.6 is 0 Å². The van der Waals surface area contributed by atoms with Crippen molar-refractivity contribution in [3.05, 3.63) is 23.8 Å². The minimum absolute atomic E-state index is 0.0811. The zero-order chi connectivity index (χ0) is 19.3. The highest BCUT2D eigenvalue weighted by atomic mass is 19.4. The lowest BCUT2D eigenvalue weighted by Crippen LogP contribution is -2.45. The summed E-state index contributed by atoms with van der Waals surface area (Å²) < 4.78 is 40.4. The van der Waals surface area contributed by atoms with E-state index in [9.17, 15) is 22.8 Å². The number of benzene rings is 1. The van der Waals surface area contributed by atoms with Crippen molar-refractivity contribution in [2.24, 2.45) is 0 Å². The minimum atomic E-state index is -4.94. The van der Waals surface area contributed by atoms with E-state index in [-0.39, 0.29) is 18.5 Å². The van der Waals surface area contributed by atoms with E-state index in [1.54, 1.807) is 19.9 Å². The van der Waals surface area contributed by atoms with Gasteiger partial charge in [0, 0.05) is 17.6 Å². The summed E-state index contributed by atoms with van der Waals surface area (Å²) in [5, 5.41) is 22.5. The molecule has 0 aliphatic carbocycles. The van der Waals surface area contributed by atoms with Crippen molar-refractivity contribution in [3.63, 3.8) is 0 Å². The van der Waals surface area contributed by atoms with Gasteiger partial charge in [-0.15, -0.1) is 13.2 Å². The van der Waals surface area contributed by atoms with E-state index in [1.165, 1.54) is 0 Å². The van der Waals surface area contributed by atoms with Crippen LogP contribution < -0.4 is 15.4 Å². The number of rotatable bonds is 6. The van der Waals surface area contributed by atoms with Gasteiger partial charge in [-0.3, -0.25) is 4.79 Å². The molecule has 7 nitrogen and oxygen atoms in total. The maximum atomic E-state index is 12.2. The fraction of sp³-hybridized carbons (Fsp3) is 0.400. The number of carboxylic acids is 1. The Labute approximate surface area is 141 Å². The molecule has 1 rings (SSSR count). The Morgan fingerprint density at radius 1 is 1.32 bits per heavy atom. The monoisotopic (exact) mass is 359 g/mol. The van der Waals surface area contributed by atoms with Gasteiger partial charge in [-0.1, -0.05) is 0 Å². The van der Waals surface area contributed by atoms with Gasteiger partial charge in [0.1, 0.15) is 11.8 Å². The Bertz CT molecular complexity index is 696. The Morgan fingerprint density at radius 2 is 1.96 bits per heavy atom. The molecule has 10 heteroatoms. The zero-order valence-electron chi connectivity index (χ0n) is 13.4. The van der Waals surface area contributed by atoms with Gasteiger partial charge >= 0.3 is 18.4 Å². The highest BCUT2D eigenvalue weighted by Gasteiger charge is 2.32. The summed E-state index contributed by atoms with van der Waals surface area (Å²) in [4.78, 5) is 22.5. The minimum Gasteiger partial charge on any atom is -0.481 e. The van der Waals surface area contributed by atoms with Crippen molar-refractivity contribution in [3.8, 4) is 11.8 Å². The third kappa shape index (κ3) is 7.43. The highest BCUT2D eigenvalue weighted by molar-refractivity contribution is 5.90. The molecule has 3 N–H and O–H groups in total. The number of nitrogens with zero attached hydrogens (tertiary/aromatic N) is 1. The number of urea groups is 1. The normalized spacial score (nSPS) is 11.4. The number of nitrogens with one attached hydrogen (secondary N) is 2. The number of alkyl halides is 3. The molecule has 0 saturated heterocycles. The molecule has 0 bridgehead atoms. The molecule has 0 unspecified atom stereocenters. The molecular formula is C15H16F3N3O4. The van der Waals surface area contributed by atoms with Gasteiger partial charge in [0.05, 0.1) is 5.56 Å². The third-order valence-corrected chi connectivity index (χ3v) is 3.00. The second-order valence-corrected chi connectivity index (χ2v) is 5.73. The number of carbonyl (C=O) groups is 2. The third-order valence-electron chi connectivity index (χ3n) is 3.00. The van der Waals surface area contributed by atoms with E-state index in [0.29, 0.717) is 0 Å². The fourth-order valence-corrected chi connectivity index (χ4v) is 1.86. The van der Waals surface area contributed by atoms with Crippen molar-refractivity contribution in [2.75, 3.05) is 5.32 Å². The Hall–Kier alpha value is -2.96. The van der Waals surface area contributed by atoms with Crippen molar-refractivity contribution >= 4 is 17.7 Å². The van der Waals surface area contributed by atoms with Crippen LogP contribution in [-0.4, -0.2) is 29.0 Å². The number of hydrogen-bond donors (Lipinski definition) is 3. The molecule has 0 atom stereocenters. The van der Waals surface area contributed by atoms with E-state index >= 15 is 0 Å². The summed E-state index contributed by atoms with van der Waals surface area (Å²) >= 11 is 0. The predicted octanol–water partition coefficient (Wildman–Crippen LogP) is 3.22. The SMILES string of the molecule is CC(C)(CCC(=O)O)NC(=O)Nc1ccc(OC(F)(F)F)c(C#N)c1. The Balaban J connectivity index is 2.78. The summed E-state index contributed by atoms with van der Waals surface area (Å²) in [6.45, 7) is 3.24. The van der Waals surface area contributed by atoms with Crippen LogP contribution in [0.15, 0.2) is 18.2 Å². The molecule has 0 aromatic heterocycles. The average molecular weight is 359 g/mol. The summed E-state index contributed by atoms with van der Waals surface area (Å²) in [6.07, 6.45) is -4.90. The van der Waals surface area contributed by atoms with Gasteiger partial charge < -0.3 is 20.5 Å². The lowest BCUT2D eigenvalue weighted by molar-refractivity contribution is -0.274. The number of nitriles is 1. The van der Waals surface area contributed by atoms with Crippen molar-refractivity contribution < 1.29 is 32.6 Å². The van der Waals surface area contributed by atoms with Crippen LogP contribution in [-0.2, 0) is 4.79 Å². The highest BCUT2D eigenvalue weighted by Crippen LogP contribution is 2.28.